The zero-order chi connectivity index (χ0) is 24.2. The Bertz CT molecular complexity index is 1180. The van der Waals surface area contributed by atoms with Crippen LogP contribution >= 0.6 is 0 Å². The highest BCUT2D eigenvalue weighted by molar-refractivity contribution is 5.92. The van der Waals surface area contributed by atoms with E-state index in [2.05, 4.69) is 41.7 Å². The van der Waals surface area contributed by atoms with Crippen molar-refractivity contribution in [1.82, 2.24) is 10.2 Å². The third-order valence-corrected chi connectivity index (χ3v) is 8.24. The molecule has 2 aliphatic heterocycles. The maximum Gasteiger partial charge on any atom is 0.219 e. The van der Waals surface area contributed by atoms with E-state index in [1.165, 1.54) is 33.9 Å². The average Bonchev–Trinajstić information content (AvgIpc) is 3.22. The number of rotatable bonds is 1. The fourth-order valence-electron chi connectivity index (χ4n) is 6.39. The van der Waals surface area contributed by atoms with Gasteiger partial charge in [-0.3, -0.25) is 4.79 Å². The summed E-state index contributed by atoms with van der Waals surface area (Å²) in [5.74, 6) is 1.57. The molecule has 1 fully saturated rings. The van der Waals surface area contributed by atoms with Crippen molar-refractivity contribution in [2.24, 2.45) is 17.6 Å². The molecule has 0 aromatic heterocycles. The molecule has 4 aliphatic rings. The summed E-state index contributed by atoms with van der Waals surface area (Å²) in [6.45, 7) is 3.52. The summed E-state index contributed by atoms with van der Waals surface area (Å²) in [6.07, 6.45) is 18.4. The van der Waals surface area contributed by atoms with E-state index in [9.17, 15) is 4.79 Å². The Labute approximate surface area is 209 Å². The van der Waals surface area contributed by atoms with Crippen LogP contribution in [0.5, 0.6) is 0 Å². The number of carbonyl (C=O) groups excluding carboxylic acids is 1. The number of amides is 1. The van der Waals surface area contributed by atoms with E-state index in [4.69, 9.17) is 5.73 Å². The molecule has 1 saturated heterocycles. The van der Waals surface area contributed by atoms with Crippen LogP contribution in [0.15, 0.2) is 78.7 Å². The molecule has 35 heavy (non-hydrogen) atoms. The number of fused-ring (bicyclic) bond motifs is 4. The molecule has 1 unspecified atom stereocenters. The molecule has 4 heteroatoms. The Morgan fingerprint density at radius 2 is 1.69 bits per heavy atom. The maximum atomic E-state index is 11.7. The van der Waals surface area contributed by atoms with E-state index in [1.54, 1.807) is 12.5 Å². The Morgan fingerprint density at radius 1 is 0.943 bits per heavy atom. The van der Waals surface area contributed by atoms with E-state index in [-0.39, 0.29) is 11.9 Å². The predicted molar refractivity (Wildman–Crippen MR) is 145 cm³/mol. The van der Waals surface area contributed by atoms with Gasteiger partial charge >= 0.3 is 0 Å². The van der Waals surface area contributed by atoms with Crippen LogP contribution < -0.4 is 11.1 Å². The average molecular weight is 468 g/mol. The zero-order valence-corrected chi connectivity index (χ0v) is 20.7. The molecule has 2 atom stereocenters. The summed E-state index contributed by atoms with van der Waals surface area (Å²) < 4.78 is 0. The van der Waals surface area contributed by atoms with Crippen LogP contribution in [-0.4, -0.2) is 29.9 Å². The minimum absolute atomic E-state index is 0.208. The van der Waals surface area contributed by atoms with Crippen LogP contribution in [0.25, 0.3) is 16.3 Å². The predicted octanol–water partition coefficient (Wildman–Crippen LogP) is 5.71. The molecule has 2 heterocycles. The topological polar surface area (TPSA) is 58.4 Å². The third kappa shape index (κ3) is 5.13. The van der Waals surface area contributed by atoms with Crippen molar-refractivity contribution >= 4 is 22.3 Å². The van der Waals surface area contributed by atoms with Crippen LogP contribution in [0.2, 0.25) is 0 Å². The smallest absolute Gasteiger partial charge is 0.219 e. The number of carbonyl (C=O) groups is 1. The lowest BCUT2D eigenvalue weighted by molar-refractivity contribution is -0.130. The van der Waals surface area contributed by atoms with Crippen LogP contribution in [-0.2, 0) is 11.2 Å². The van der Waals surface area contributed by atoms with Gasteiger partial charge in [0.1, 0.15) is 0 Å². The first kappa shape index (κ1) is 23.6. The number of aryl methyl sites for hydroxylation is 1. The van der Waals surface area contributed by atoms with Gasteiger partial charge in [-0.25, -0.2) is 0 Å². The number of piperidine rings is 1. The van der Waals surface area contributed by atoms with Crippen molar-refractivity contribution in [1.29, 1.82) is 0 Å². The molecule has 2 aromatic rings. The summed E-state index contributed by atoms with van der Waals surface area (Å²) in [5.41, 5.74) is 12.8. The maximum absolute atomic E-state index is 11.7. The molecule has 0 saturated carbocycles. The van der Waals surface area contributed by atoms with Crippen molar-refractivity contribution in [3.63, 3.8) is 0 Å². The molecule has 2 aromatic carbocycles. The first-order chi connectivity index (χ1) is 17.1. The van der Waals surface area contributed by atoms with E-state index >= 15 is 0 Å². The monoisotopic (exact) mass is 467 g/mol. The summed E-state index contributed by atoms with van der Waals surface area (Å²) in [6, 6.07) is 13.6. The second-order valence-electron chi connectivity index (χ2n) is 10.2. The van der Waals surface area contributed by atoms with Gasteiger partial charge in [0.05, 0.1) is 0 Å². The summed E-state index contributed by atoms with van der Waals surface area (Å²) >= 11 is 0. The van der Waals surface area contributed by atoms with Crippen LogP contribution in [0.4, 0.5) is 0 Å². The standard InChI is InChI=1S/C25H30N2O.C6H7N/c1-16(28)27-12-10-17(11-13-27)19-14-24-22-7-6-18-4-2-3-5-20(18)21(22)8-9-23(24)25(26)15-19;1-2-4-6-7-5-3-1/h2-7,17,19,25H,8-15,26H2,1H3;1-7H/t19?,25-;/m1./s1. The van der Waals surface area contributed by atoms with Crippen molar-refractivity contribution in [3.05, 3.63) is 89.8 Å². The molecule has 6 rings (SSSR count). The van der Waals surface area contributed by atoms with Gasteiger partial charge < -0.3 is 16.0 Å². The van der Waals surface area contributed by atoms with Gasteiger partial charge in [-0.2, -0.15) is 0 Å². The molecular weight excluding hydrogens is 430 g/mol. The Balaban J connectivity index is 0.000000313. The summed E-state index contributed by atoms with van der Waals surface area (Å²) in [7, 11) is 0. The van der Waals surface area contributed by atoms with Crippen molar-refractivity contribution in [3.8, 4) is 0 Å². The number of nitrogens with zero attached hydrogens (tertiary/aromatic N) is 1. The first-order valence-corrected chi connectivity index (χ1v) is 13.1. The minimum atomic E-state index is 0.208. The van der Waals surface area contributed by atoms with E-state index in [0.717, 1.165) is 45.2 Å². The van der Waals surface area contributed by atoms with Gasteiger partial charge in [-0.1, -0.05) is 48.6 Å². The van der Waals surface area contributed by atoms with Gasteiger partial charge in [0.2, 0.25) is 5.91 Å². The lowest BCUT2D eigenvalue weighted by Gasteiger charge is -2.42. The highest BCUT2D eigenvalue weighted by Gasteiger charge is 2.36. The number of nitrogens with two attached hydrogens (primary N) is 1. The van der Waals surface area contributed by atoms with E-state index in [1.807, 2.05) is 41.6 Å². The molecule has 0 spiro atoms. The largest absolute Gasteiger partial charge is 0.368 e. The van der Waals surface area contributed by atoms with Crippen LogP contribution in [0.3, 0.4) is 0 Å². The molecule has 3 N–H and O–H groups in total. The Morgan fingerprint density at radius 3 is 2.43 bits per heavy atom. The zero-order valence-electron chi connectivity index (χ0n) is 20.7. The molecule has 0 bridgehead atoms. The Hall–Kier alpha value is -3.11. The second kappa shape index (κ2) is 10.7. The SMILES string of the molecule is C1=CC=CNC=C1.CC(=O)N1CCC(C2CC3=C(CCc4c3ccc3ccccc43)[C@H](N)C2)CC1. The van der Waals surface area contributed by atoms with E-state index < -0.39 is 0 Å². The van der Waals surface area contributed by atoms with Crippen LogP contribution in [0, 0.1) is 11.8 Å². The second-order valence-corrected chi connectivity index (χ2v) is 10.2. The fourth-order valence-corrected chi connectivity index (χ4v) is 6.39. The van der Waals surface area contributed by atoms with Gasteiger partial charge in [0.15, 0.2) is 0 Å². The molecular formula is C31H37N3O. The number of likely N-dealkylation sites (tertiary alicyclic amines) is 1. The fraction of sp³-hybridized carbons (Fsp3) is 0.387. The highest BCUT2D eigenvalue weighted by atomic mass is 16.2. The number of hydrogen-bond acceptors (Lipinski definition) is 3. The van der Waals surface area contributed by atoms with Crippen molar-refractivity contribution in [2.75, 3.05) is 13.1 Å². The minimum Gasteiger partial charge on any atom is -0.368 e. The van der Waals surface area contributed by atoms with Crippen molar-refractivity contribution < 1.29 is 4.79 Å². The third-order valence-electron chi connectivity index (χ3n) is 8.24. The highest BCUT2D eigenvalue weighted by Crippen LogP contribution is 2.46. The Kier molecular flexibility index (Phi) is 7.19. The number of nitrogens with one attached hydrogen (secondary N) is 1. The van der Waals surface area contributed by atoms with Gasteiger partial charge in [0, 0.05) is 38.5 Å². The van der Waals surface area contributed by atoms with Crippen molar-refractivity contribution in [2.45, 2.75) is 51.5 Å². The lowest BCUT2D eigenvalue weighted by Crippen LogP contribution is -2.41. The summed E-state index contributed by atoms with van der Waals surface area (Å²) in [5, 5.41) is 5.68. The number of hydrogen-bond donors (Lipinski definition) is 2. The summed E-state index contributed by atoms with van der Waals surface area (Å²) in [4.78, 5) is 13.7. The van der Waals surface area contributed by atoms with Gasteiger partial charge in [-0.05, 0) is 95.6 Å². The first-order valence-electron chi connectivity index (χ1n) is 13.1. The number of allylic oxidation sites excluding steroid dienone is 5. The molecule has 2 aliphatic carbocycles. The van der Waals surface area contributed by atoms with E-state index in [0.29, 0.717) is 11.8 Å². The lowest BCUT2D eigenvalue weighted by atomic mass is 9.67. The van der Waals surface area contributed by atoms with Crippen LogP contribution in [0.1, 0.15) is 50.2 Å². The molecule has 182 valence electrons. The molecule has 4 nitrogen and oxygen atoms in total. The molecule has 1 amide bonds. The number of benzene rings is 2. The van der Waals surface area contributed by atoms with Gasteiger partial charge in [0.25, 0.3) is 0 Å². The normalized spacial score (nSPS) is 23.7. The van der Waals surface area contributed by atoms with Gasteiger partial charge in [-0.15, -0.1) is 0 Å². The molecule has 0 radical (unpaired) electrons. The quantitative estimate of drug-likeness (QED) is 0.565.